The number of pyridine rings is 1. The number of carbonyl (C=O) groups excluding carboxylic acids is 3. The normalized spacial score (nSPS) is 13.8. The number of nitrogens with one attached hydrogen (secondary N) is 4. The number of carbonyl (C=O) groups is 3. The summed E-state index contributed by atoms with van der Waals surface area (Å²) in [4.78, 5) is 54.0. The highest BCUT2D eigenvalue weighted by Gasteiger charge is 2.24. The van der Waals surface area contributed by atoms with Crippen LogP contribution in [0.1, 0.15) is 60.1 Å². The summed E-state index contributed by atoms with van der Waals surface area (Å²) in [5.41, 5.74) is 8.76. The van der Waals surface area contributed by atoms with E-state index >= 15 is 0 Å². The minimum atomic E-state index is -0.797. The van der Waals surface area contributed by atoms with Gasteiger partial charge in [-0.25, -0.2) is 4.79 Å². The fourth-order valence-corrected chi connectivity index (χ4v) is 8.06. The molecule has 2 atom stereocenters. The van der Waals surface area contributed by atoms with Gasteiger partial charge in [-0.1, -0.05) is 91.0 Å². The van der Waals surface area contributed by atoms with Gasteiger partial charge in [0.15, 0.2) is 0 Å². The van der Waals surface area contributed by atoms with Gasteiger partial charge in [-0.3, -0.25) is 19.7 Å². The average Bonchev–Trinajstić information content (AvgIpc) is 3.31. The number of rotatable bonds is 16. The van der Waals surface area contributed by atoms with Gasteiger partial charge in [0.1, 0.15) is 11.9 Å². The first-order valence-electron chi connectivity index (χ1n) is 22.1. The summed E-state index contributed by atoms with van der Waals surface area (Å²) in [5, 5.41) is 30.1. The first-order valence-corrected chi connectivity index (χ1v) is 22.1. The maximum atomic E-state index is 12.8. The van der Waals surface area contributed by atoms with Crippen LogP contribution in [0.2, 0.25) is 0 Å². The number of aryl methyl sites for hydroxylation is 2. The Balaban J connectivity index is 0.000000221. The number of benzene rings is 5. The summed E-state index contributed by atoms with van der Waals surface area (Å²) in [7, 11) is 1.85. The Kier molecular flexibility index (Phi) is 17.0. The van der Waals surface area contributed by atoms with Crippen molar-refractivity contribution in [1.29, 1.82) is 0 Å². The van der Waals surface area contributed by atoms with Crippen LogP contribution in [0.15, 0.2) is 126 Å². The number of piperidine rings is 1. The summed E-state index contributed by atoms with van der Waals surface area (Å²) in [5.74, 6) is 0.0810. The molecule has 6 N–H and O–H groups in total. The van der Waals surface area contributed by atoms with E-state index in [1.165, 1.54) is 12.1 Å². The standard InChI is InChI=1S/C30H35N3O3.C22H25N3O4/c1-22-13-14-23(2)28(21-22)32(3)29(34)17-20-33-18-15-25(16-19-33)36-30(35)31-27-12-8-7-11-26(27)24-9-5-4-6-10-24;1-14(9-15-3-2-4-16(10-15)11-23-13-26)24-12-20(28)17-5-7-19(27)22-18(17)6-8-21(29)25-22/h4-14,21,25H,15-20H2,1-3H3,(H,31,35);2-8,10,13-14,20,24,27-28H,9,11-12H2,1H3,(H,23,26)(H,25,29). The van der Waals surface area contributed by atoms with Crippen LogP contribution in [0.4, 0.5) is 16.2 Å². The monoisotopic (exact) mass is 880 g/mol. The topological polar surface area (TPSA) is 176 Å². The number of aliphatic hydroxyl groups excluding tert-OH is 1. The Morgan fingerprint density at radius 1 is 0.908 bits per heavy atom. The molecule has 1 aliphatic heterocycles. The number of hydrogen-bond donors (Lipinski definition) is 6. The van der Waals surface area contributed by atoms with Crippen LogP contribution in [0, 0.1) is 13.8 Å². The van der Waals surface area contributed by atoms with Crippen molar-refractivity contribution in [1.82, 2.24) is 20.5 Å². The molecule has 6 aromatic rings. The molecule has 5 aromatic carbocycles. The molecular formula is C52H60N6O7. The number of anilines is 2. The third kappa shape index (κ3) is 13.6. The highest BCUT2D eigenvalue weighted by Crippen LogP contribution is 2.30. The number of aromatic amines is 1. The second-order valence-electron chi connectivity index (χ2n) is 16.6. The van der Waals surface area contributed by atoms with Crippen LogP contribution in [-0.4, -0.2) is 83.9 Å². The second kappa shape index (κ2) is 23.2. The molecule has 13 heteroatoms. The van der Waals surface area contributed by atoms with Crippen molar-refractivity contribution in [2.24, 2.45) is 0 Å². The van der Waals surface area contributed by atoms with Gasteiger partial charge in [-0.15, -0.1) is 0 Å². The molecule has 1 fully saturated rings. The van der Waals surface area contributed by atoms with E-state index in [1.54, 1.807) is 17.0 Å². The van der Waals surface area contributed by atoms with Gasteiger partial charge in [0.05, 0.1) is 17.3 Å². The maximum Gasteiger partial charge on any atom is 0.411 e. The molecule has 3 amide bonds. The van der Waals surface area contributed by atoms with Crippen molar-refractivity contribution in [3.63, 3.8) is 0 Å². The third-order valence-electron chi connectivity index (χ3n) is 11.6. The number of aromatic nitrogens is 1. The SMILES string of the molecule is CC(Cc1cccc(CNC=O)c1)NCC(O)c1ccc(O)c2[nH]c(=O)ccc12.Cc1ccc(C)c(N(C)C(=O)CCN2CCC(OC(=O)Nc3ccccc3-c3ccccc3)CC2)c1. The fraction of sp³-hybridized carbons (Fsp3) is 0.308. The number of aliphatic hydroxyl groups is 1. The lowest BCUT2D eigenvalue weighted by Crippen LogP contribution is -2.40. The number of para-hydroxylation sites is 1. The van der Waals surface area contributed by atoms with Gasteiger partial charge < -0.3 is 40.4 Å². The van der Waals surface area contributed by atoms with Crippen LogP contribution in [0.5, 0.6) is 5.75 Å². The van der Waals surface area contributed by atoms with Gasteiger partial charge in [-0.05, 0) is 97.7 Å². The maximum absolute atomic E-state index is 12.8. The highest BCUT2D eigenvalue weighted by atomic mass is 16.6. The van der Waals surface area contributed by atoms with Gasteiger partial charge >= 0.3 is 6.09 Å². The minimum Gasteiger partial charge on any atom is -0.506 e. The number of fused-ring (bicyclic) bond motifs is 1. The molecule has 2 unspecified atom stereocenters. The predicted octanol–water partition coefficient (Wildman–Crippen LogP) is 7.77. The highest BCUT2D eigenvalue weighted by molar-refractivity contribution is 5.94. The van der Waals surface area contributed by atoms with Crippen LogP contribution in [-0.2, 0) is 27.3 Å². The molecule has 1 saturated heterocycles. The first-order chi connectivity index (χ1) is 31.4. The summed E-state index contributed by atoms with van der Waals surface area (Å²) >= 11 is 0. The zero-order chi connectivity index (χ0) is 46.3. The van der Waals surface area contributed by atoms with Crippen LogP contribution in [0.25, 0.3) is 22.0 Å². The molecule has 65 heavy (non-hydrogen) atoms. The van der Waals surface area contributed by atoms with Gasteiger partial charge in [0.25, 0.3) is 0 Å². The second-order valence-corrected chi connectivity index (χ2v) is 16.6. The molecule has 7 rings (SSSR count). The van der Waals surface area contributed by atoms with E-state index in [-0.39, 0.29) is 29.4 Å². The van der Waals surface area contributed by atoms with Crippen molar-refractivity contribution in [2.45, 2.75) is 71.2 Å². The van der Waals surface area contributed by atoms with E-state index in [2.05, 4.69) is 50.1 Å². The molecule has 0 spiro atoms. The van der Waals surface area contributed by atoms with Crippen molar-refractivity contribution < 1.29 is 29.3 Å². The Morgan fingerprint density at radius 2 is 1.65 bits per heavy atom. The predicted molar refractivity (Wildman–Crippen MR) is 257 cm³/mol. The number of amides is 3. The van der Waals surface area contributed by atoms with E-state index in [4.69, 9.17) is 4.74 Å². The van der Waals surface area contributed by atoms with E-state index < -0.39 is 12.2 Å². The largest absolute Gasteiger partial charge is 0.506 e. The quantitative estimate of drug-likeness (QED) is 0.0531. The van der Waals surface area contributed by atoms with Crippen molar-refractivity contribution in [3.8, 4) is 16.9 Å². The molecule has 2 heterocycles. The zero-order valence-corrected chi connectivity index (χ0v) is 37.6. The number of phenols is 1. The van der Waals surface area contributed by atoms with E-state index in [1.807, 2.05) is 101 Å². The minimum absolute atomic E-state index is 0.0288. The fourth-order valence-electron chi connectivity index (χ4n) is 8.06. The number of phenolic OH excluding ortho intramolecular Hbond substituents is 1. The smallest absolute Gasteiger partial charge is 0.411 e. The lowest BCUT2D eigenvalue weighted by Gasteiger charge is -2.32. The average molecular weight is 881 g/mol. The summed E-state index contributed by atoms with van der Waals surface area (Å²) in [6.45, 7) is 9.24. The Labute approximate surface area is 380 Å². The molecule has 0 bridgehead atoms. The summed E-state index contributed by atoms with van der Waals surface area (Å²) < 4.78 is 5.73. The van der Waals surface area contributed by atoms with Gasteiger partial charge in [0, 0.05) is 74.9 Å². The lowest BCUT2D eigenvalue weighted by molar-refractivity contribution is -0.118. The lowest BCUT2D eigenvalue weighted by atomic mass is 10.0. The molecule has 1 aromatic heterocycles. The number of aromatic hydroxyl groups is 1. The summed E-state index contributed by atoms with van der Waals surface area (Å²) in [6.07, 6.45) is 2.08. The van der Waals surface area contributed by atoms with Gasteiger partial charge in [-0.2, -0.15) is 0 Å². The number of nitrogens with zero attached hydrogens (tertiary/aromatic N) is 2. The van der Waals surface area contributed by atoms with Crippen LogP contribution in [0.3, 0.4) is 0 Å². The summed E-state index contributed by atoms with van der Waals surface area (Å²) in [6, 6.07) is 38.1. The Morgan fingerprint density at radius 3 is 2.42 bits per heavy atom. The van der Waals surface area contributed by atoms with Crippen molar-refractivity contribution in [3.05, 3.63) is 159 Å². The number of H-pyrrole nitrogens is 1. The molecule has 0 aliphatic carbocycles. The van der Waals surface area contributed by atoms with Gasteiger partial charge in [0.2, 0.25) is 17.9 Å². The molecule has 340 valence electrons. The molecule has 13 nitrogen and oxygen atoms in total. The number of likely N-dealkylation sites (tertiary alicyclic amines) is 1. The van der Waals surface area contributed by atoms with Crippen LogP contribution < -0.4 is 26.4 Å². The molecule has 1 aliphatic rings. The molecule has 0 radical (unpaired) electrons. The van der Waals surface area contributed by atoms with E-state index in [0.29, 0.717) is 48.9 Å². The van der Waals surface area contributed by atoms with E-state index in [9.17, 15) is 29.4 Å². The Hall–Kier alpha value is -6.80. The number of ether oxygens (including phenoxy) is 1. The number of hydrogen-bond acceptors (Lipinski definition) is 9. The van der Waals surface area contributed by atoms with E-state index in [0.717, 1.165) is 77.1 Å². The first kappa shape index (κ1) is 47.7. The van der Waals surface area contributed by atoms with Crippen LogP contribution >= 0.6 is 0 Å². The molecular weight excluding hydrogens is 821 g/mol. The van der Waals surface area contributed by atoms with Crippen molar-refractivity contribution in [2.75, 3.05) is 43.4 Å². The third-order valence-corrected chi connectivity index (χ3v) is 11.6. The van der Waals surface area contributed by atoms with Crippen molar-refractivity contribution >= 4 is 40.7 Å². The zero-order valence-electron chi connectivity index (χ0n) is 37.6. The molecule has 0 saturated carbocycles. The Bertz CT molecular complexity index is 2590.